The number of hydrogen-bond donors (Lipinski definition) is 1. The van der Waals surface area contributed by atoms with Crippen LogP contribution in [0.1, 0.15) is 19.8 Å². The van der Waals surface area contributed by atoms with Crippen molar-refractivity contribution in [1.29, 1.82) is 0 Å². The number of morpholine rings is 1. The number of amides is 1. The van der Waals surface area contributed by atoms with Crippen LogP contribution in [0.3, 0.4) is 0 Å². The highest BCUT2D eigenvalue weighted by Crippen LogP contribution is 2.07. The van der Waals surface area contributed by atoms with E-state index >= 15 is 0 Å². The molecule has 1 aliphatic heterocycles. The zero-order valence-corrected chi connectivity index (χ0v) is 11.8. The maximum Gasteiger partial charge on any atom is 0.305 e. The van der Waals surface area contributed by atoms with E-state index in [1.807, 2.05) is 6.92 Å². The average Bonchev–Trinajstić information content (AvgIpc) is 2.39. The van der Waals surface area contributed by atoms with Gasteiger partial charge in [-0.05, 0) is 5.92 Å². The van der Waals surface area contributed by atoms with Crippen LogP contribution in [0.2, 0.25) is 0 Å². The molecule has 0 radical (unpaired) electrons. The SMILES string of the molecule is COC(=O)CC(C)CC(=O)NCCN1CCOCC1. The van der Waals surface area contributed by atoms with Crippen LogP contribution in [0, 0.1) is 5.92 Å². The average molecular weight is 272 g/mol. The van der Waals surface area contributed by atoms with Gasteiger partial charge in [0, 0.05) is 39.0 Å². The van der Waals surface area contributed by atoms with Crippen LogP contribution in [0.5, 0.6) is 0 Å². The summed E-state index contributed by atoms with van der Waals surface area (Å²) in [6.07, 6.45) is 0.644. The molecule has 19 heavy (non-hydrogen) atoms. The summed E-state index contributed by atoms with van der Waals surface area (Å²) >= 11 is 0. The maximum atomic E-state index is 11.7. The van der Waals surface area contributed by atoms with Gasteiger partial charge in [-0.2, -0.15) is 0 Å². The van der Waals surface area contributed by atoms with Crippen molar-refractivity contribution < 1.29 is 19.1 Å². The van der Waals surface area contributed by atoms with Crippen LogP contribution in [0.4, 0.5) is 0 Å². The molecule has 0 aromatic rings. The monoisotopic (exact) mass is 272 g/mol. The summed E-state index contributed by atoms with van der Waals surface area (Å²) in [5, 5.41) is 2.88. The molecule has 1 rings (SSSR count). The standard InChI is InChI=1S/C13H24N2O4/c1-11(10-13(17)18-2)9-12(16)14-3-4-15-5-7-19-8-6-15/h11H,3-10H2,1-2H3,(H,14,16). The molecule has 6 nitrogen and oxygen atoms in total. The first-order valence-corrected chi connectivity index (χ1v) is 6.75. The maximum absolute atomic E-state index is 11.7. The third-order valence-corrected chi connectivity index (χ3v) is 3.13. The van der Waals surface area contributed by atoms with Crippen LogP contribution < -0.4 is 5.32 Å². The summed E-state index contributed by atoms with van der Waals surface area (Å²) in [5.41, 5.74) is 0. The second kappa shape index (κ2) is 8.87. The van der Waals surface area contributed by atoms with Gasteiger partial charge in [0.25, 0.3) is 0 Å². The first-order chi connectivity index (χ1) is 9.11. The van der Waals surface area contributed by atoms with Gasteiger partial charge >= 0.3 is 5.97 Å². The van der Waals surface area contributed by atoms with E-state index in [0.29, 0.717) is 13.0 Å². The van der Waals surface area contributed by atoms with E-state index in [1.54, 1.807) is 0 Å². The lowest BCUT2D eigenvalue weighted by atomic mass is 10.0. The van der Waals surface area contributed by atoms with Crippen molar-refractivity contribution in [3.8, 4) is 0 Å². The van der Waals surface area contributed by atoms with Gasteiger partial charge in [-0.1, -0.05) is 6.92 Å². The predicted molar refractivity (Wildman–Crippen MR) is 70.7 cm³/mol. The molecular formula is C13H24N2O4. The van der Waals surface area contributed by atoms with E-state index in [-0.39, 0.29) is 24.2 Å². The second-order valence-corrected chi connectivity index (χ2v) is 4.89. The summed E-state index contributed by atoms with van der Waals surface area (Å²) in [6, 6.07) is 0. The number of methoxy groups -OCH3 is 1. The van der Waals surface area contributed by atoms with Gasteiger partial charge in [0.2, 0.25) is 5.91 Å². The van der Waals surface area contributed by atoms with Crippen molar-refractivity contribution in [2.75, 3.05) is 46.5 Å². The van der Waals surface area contributed by atoms with Crippen LogP contribution in [0.15, 0.2) is 0 Å². The smallest absolute Gasteiger partial charge is 0.305 e. The van der Waals surface area contributed by atoms with E-state index in [1.165, 1.54) is 7.11 Å². The largest absolute Gasteiger partial charge is 0.469 e. The molecule has 1 atom stereocenters. The zero-order valence-electron chi connectivity index (χ0n) is 11.8. The number of carbonyl (C=O) groups excluding carboxylic acids is 2. The molecule has 0 aliphatic carbocycles. The molecule has 0 saturated carbocycles. The number of esters is 1. The van der Waals surface area contributed by atoms with Gasteiger partial charge in [-0.15, -0.1) is 0 Å². The van der Waals surface area contributed by atoms with E-state index in [4.69, 9.17) is 4.74 Å². The minimum absolute atomic E-state index is 0.00957. The van der Waals surface area contributed by atoms with Gasteiger partial charge in [0.1, 0.15) is 0 Å². The van der Waals surface area contributed by atoms with Gasteiger partial charge in [0.15, 0.2) is 0 Å². The highest BCUT2D eigenvalue weighted by Gasteiger charge is 2.14. The molecule has 0 spiro atoms. The van der Waals surface area contributed by atoms with Crippen molar-refractivity contribution in [1.82, 2.24) is 10.2 Å². The Hall–Kier alpha value is -1.14. The Morgan fingerprint density at radius 3 is 2.63 bits per heavy atom. The van der Waals surface area contributed by atoms with E-state index < -0.39 is 0 Å². The Morgan fingerprint density at radius 1 is 1.32 bits per heavy atom. The highest BCUT2D eigenvalue weighted by atomic mass is 16.5. The minimum Gasteiger partial charge on any atom is -0.469 e. The first-order valence-electron chi connectivity index (χ1n) is 6.75. The third kappa shape index (κ3) is 7.12. The zero-order chi connectivity index (χ0) is 14.1. The fourth-order valence-electron chi connectivity index (χ4n) is 2.01. The summed E-state index contributed by atoms with van der Waals surface area (Å²) in [4.78, 5) is 25.0. The molecule has 1 amide bonds. The van der Waals surface area contributed by atoms with Gasteiger partial charge in [0.05, 0.1) is 20.3 Å². The van der Waals surface area contributed by atoms with Gasteiger partial charge in [-0.25, -0.2) is 0 Å². The minimum atomic E-state index is -0.270. The summed E-state index contributed by atoms with van der Waals surface area (Å²) in [6.45, 7) is 6.75. The van der Waals surface area contributed by atoms with Gasteiger partial charge < -0.3 is 14.8 Å². The fraction of sp³-hybridized carbons (Fsp3) is 0.846. The molecular weight excluding hydrogens is 248 g/mol. The van der Waals surface area contributed by atoms with Crippen molar-refractivity contribution in [2.45, 2.75) is 19.8 Å². The van der Waals surface area contributed by atoms with Crippen molar-refractivity contribution >= 4 is 11.9 Å². The molecule has 0 aromatic carbocycles. The summed E-state index contributed by atoms with van der Waals surface area (Å²) < 4.78 is 9.83. The van der Waals surface area contributed by atoms with Gasteiger partial charge in [-0.3, -0.25) is 14.5 Å². The molecule has 0 aromatic heterocycles. The molecule has 6 heteroatoms. The Morgan fingerprint density at radius 2 is 2.00 bits per heavy atom. The highest BCUT2D eigenvalue weighted by molar-refractivity contribution is 5.77. The molecule has 1 unspecified atom stereocenters. The van der Waals surface area contributed by atoms with Crippen molar-refractivity contribution in [2.24, 2.45) is 5.92 Å². The van der Waals surface area contributed by atoms with Crippen molar-refractivity contribution in [3.63, 3.8) is 0 Å². The molecule has 110 valence electrons. The number of rotatable bonds is 7. The summed E-state index contributed by atoms with van der Waals surface area (Å²) in [7, 11) is 1.36. The normalized spacial score (nSPS) is 17.8. The third-order valence-electron chi connectivity index (χ3n) is 3.13. The molecule has 1 aliphatic rings. The van der Waals surface area contributed by atoms with Crippen LogP contribution in [-0.2, 0) is 19.1 Å². The van der Waals surface area contributed by atoms with Crippen LogP contribution in [0.25, 0.3) is 0 Å². The number of nitrogens with one attached hydrogen (secondary N) is 1. The quantitative estimate of drug-likeness (QED) is 0.662. The number of hydrogen-bond acceptors (Lipinski definition) is 5. The van der Waals surface area contributed by atoms with E-state index in [0.717, 1.165) is 32.8 Å². The summed E-state index contributed by atoms with van der Waals surface area (Å²) in [5.74, 6) is -0.269. The Kier molecular flexibility index (Phi) is 7.43. The second-order valence-electron chi connectivity index (χ2n) is 4.89. The predicted octanol–water partition coefficient (Wildman–Crippen LogP) is 0.0241. The molecule has 1 saturated heterocycles. The lowest BCUT2D eigenvalue weighted by molar-refractivity contribution is -0.141. The molecule has 0 bridgehead atoms. The number of carbonyl (C=O) groups is 2. The lowest BCUT2D eigenvalue weighted by Crippen LogP contribution is -2.41. The molecule has 1 fully saturated rings. The lowest BCUT2D eigenvalue weighted by Gasteiger charge is -2.26. The Balaban J connectivity index is 2.08. The molecule has 1 heterocycles. The topological polar surface area (TPSA) is 67.9 Å². The van der Waals surface area contributed by atoms with E-state index in [9.17, 15) is 9.59 Å². The number of ether oxygens (including phenoxy) is 2. The fourth-order valence-corrected chi connectivity index (χ4v) is 2.01. The Bertz CT molecular complexity index is 290. The van der Waals surface area contributed by atoms with Crippen LogP contribution >= 0.6 is 0 Å². The van der Waals surface area contributed by atoms with Crippen molar-refractivity contribution in [3.05, 3.63) is 0 Å². The van der Waals surface area contributed by atoms with Crippen LogP contribution in [-0.4, -0.2) is 63.3 Å². The van der Waals surface area contributed by atoms with E-state index in [2.05, 4.69) is 15.0 Å². The number of nitrogens with zero attached hydrogens (tertiary/aromatic N) is 1. The first kappa shape index (κ1) is 15.9. The molecule has 1 N–H and O–H groups in total. The Labute approximate surface area is 114 Å².